The summed E-state index contributed by atoms with van der Waals surface area (Å²) in [7, 11) is 4.45. The number of hydrogen-bond donors (Lipinski definition) is 1. The predicted octanol–water partition coefficient (Wildman–Crippen LogP) is 3.99. The molecule has 1 aromatic rings. The van der Waals surface area contributed by atoms with Crippen LogP contribution in [0.1, 0.15) is 45.1 Å². The zero-order valence-corrected chi connectivity index (χ0v) is 15.0. The topological polar surface area (TPSA) is 18.5 Å². The largest absolute Gasteiger partial charge is 0.358 e. The molecule has 1 N–H and O–H groups in total. The third-order valence-corrected chi connectivity index (χ3v) is 5.68. The summed E-state index contributed by atoms with van der Waals surface area (Å²) in [6.45, 7) is 5.77. The van der Waals surface area contributed by atoms with Crippen molar-refractivity contribution in [3.63, 3.8) is 0 Å². The molecule has 0 aliphatic carbocycles. The van der Waals surface area contributed by atoms with E-state index in [9.17, 15) is 0 Å². The van der Waals surface area contributed by atoms with Crippen LogP contribution >= 0.6 is 12.2 Å². The number of nitrogens with one attached hydrogen (secondary N) is 1. The summed E-state index contributed by atoms with van der Waals surface area (Å²) in [5, 5.41) is 3.43. The summed E-state index contributed by atoms with van der Waals surface area (Å²) >= 11 is 5.46. The molecule has 0 bridgehead atoms. The highest BCUT2D eigenvalue weighted by molar-refractivity contribution is 7.80. The number of hydrogen-bond acceptors (Lipinski definition) is 3. The quantitative estimate of drug-likeness (QED) is 0.846. The van der Waals surface area contributed by atoms with Crippen LogP contribution in [0, 0.1) is 0 Å². The van der Waals surface area contributed by atoms with E-state index in [1.54, 1.807) is 0 Å². The van der Waals surface area contributed by atoms with Crippen molar-refractivity contribution in [2.24, 2.45) is 0 Å². The Kier molecular flexibility index (Phi) is 4.17. The second-order valence-corrected chi connectivity index (χ2v) is 7.51. The Morgan fingerprint density at radius 1 is 1.41 bits per heavy atom. The summed E-state index contributed by atoms with van der Waals surface area (Å²) in [4.78, 5) is 5.86. The summed E-state index contributed by atoms with van der Waals surface area (Å²) in [5.41, 5.74) is 4.20. The Morgan fingerprint density at radius 3 is 2.91 bits per heavy atom. The number of unbranched alkanes of at least 4 members (excludes halogenated alkanes) is 1. The molecule has 120 valence electrons. The van der Waals surface area contributed by atoms with Gasteiger partial charge in [0.05, 0.1) is 11.2 Å². The smallest absolute Gasteiger partial charge is 0.0911 e. The minimum Gasteiger partial charge on any atom is -0.358 e. The first-order valence-electron chi connectivity index (χ1n) is 8.35. The van der Waals surface area contributed by atoms with Gasteiger partial charge in [0.15, 0.2) is 0 Å². The van der Waals surface area contributed by atoms with E-state index in [-0.39, 0.29) is 5.41 Å². The van der Waals surface area contributed by atoms with Crippen LogP contribution in [0.4, 0.5) is 11.4 Å². The summed E-state index contributed by atoms with van der Waals surface area (Å²) < 4.78 is 0. The SMILES string of the molecule is CCCCC(=S)Nc1ccc2c(c1)C1(C)CCN(C)C1N2C. The molecule has 0 radical (unpaired) electrons. The first-order valence-corrected chi connectivity index (χ1v) is 8.75. The maximum atomic E-state index is 5.46. The van der Waals surface area contributed by atoms with Crippen LogP contribution in [0.15, 0.2) is 18.2 Å². The van der Waals surface area contributed by atoms with E-state index >= 15 is 0 Å². The number of nitrogens with zero attached hydrogens (tertiary/aromatic N) is 2. The minimum atomic E-state index is 0.224. The van der Waals surface area contributed by atoms with Crippen molar-refractivity contribution >= 4 is 28.6 Å². The van der Waals surface area contributed by atoms with Gasteiger partial charge in [-0.2, -0.15) is 0 Å². The van der Waals surface area contributed by atoms with Crippen LogP contribution in [-0.2, 0) is 5.41 Å². The Hall–Kier alpha value is -1.13. The van der Waals surface area contributed by atoms with Gasteiger partial charge in [0.2, 0.25) is 0 Å². The number of anilines is 2. The second-order valence-electron chi connectivity index (χ2n) is 7.02. The number of benzene rings is 1. The van der Waals surface area contributed by atoms with E-state index in [2.05, 4.69) is 61.3 Å². The first-order chi connectivity index (χ1) is 10.5. The van der Waals surface area contributed by atoms with Gasteiger partial charge in [-0.3, -0.25) is 4.90 Å². The normalized spacial score (nSPS) is 26.9. The number of rotatable bonds is 4. The van der Waals surface area contributed by atoms with E-state index in [1.807, 2.05) is 0 Å². The lowest BCUT2D eigenvalue weighted by atomic mass is 9.81. The lowest BCUT2D eigenvalue weighted by molar-refractivity contribution is 0.268. The van der Waals surface area contributed by atoms with Gasteiger partial charge in [0, 0.05) is 30.4 Å². The Labute approximate surface area is 139 Å². The van der Waals surface area contributed by atoms with Gasteiger partial charge in [0.1, 0.15) is 0 Å². The van der Waals surface area contributed by atoms with E-state index in [1.165, 1.54) is 24.1 Å². The predicted molar refractivity (Wildman–Crippen MR) is 99.0 cm³/mol. The molecule has 0 amide bonds. The summed E-state index contributed by atoms with van der Waals surface area (Å²) in [5.74, 6) is 0. The molecule has 22 heavy (non-hydrogen) atoms. The number of thiocarbonyl (C=S) groups is 1. The maximum Gasteiger partial charge on any atom is 0.0911 e. The monoisotopic (exact) mass is 317 g/mol. The van der Waals surface area contributed by atoms with Crippen molar-refractivity contribution in [1.29, 1.82) is 0 Å². The van der Waals surface area contributed by atoms with Crippen molar-refractivity contribution in [3.8, 4) is 0 Å². The number of fused-ring (bicyclic) bond motifs is 3. The van der Waals surface area contributed by atoms with Gasteiger partial charge in [-0.05, 0) is 50.1 Å². The molecule has 3 nitrogen and oxygen atoms in total. The highest BCUT2D eigenvalue weighted by Crippen LogP contribution is 2.51. The molecule has 1 fully saturated rings. The van der Waals surface area contributed by atoms with Crippen molar-refractivity contribution in [2.75, 3.05) is 30.9 Å². The molecule has 0 aromatic heterocycles. The van der Waals surface area contributed by atoms with Crippen LogP contribution in [0.25, 0.3) is 0 Å². The van der Waals surface area contributed by atoms with Gasteiger partial charge in [-0.25, -0.2) is 0 Å². The molecule has 2 aliphatic rings. The van der Waals surface area contributed by atoms with Crippen molar-refractivity contribution < 1.29 is 0 Å². The Bertz CT molecular complexity index is 586. The number of likely N-dealkylation sites (N-methyl/N-ethyl adjacent to an activating group) is 2. The summed E-state index contributed by atoms with van der Waals surface area (Å²) in [6.07, 6.45) is 5.01. The average Bonchev–Trinajstić information content (AvgIpc) is 2.91. The third kappa shape index (κ3) is 2.42. The lowest BCUT2D eigenvalue weighted by Gasteiger charge is -2.32. The van der Waals surface area contributed by atoms with Gasteiger partial charge in [-0.1, -0.05) is 32.5 Å². The second kappa shape index (κ2) is 5.82. The van der Waals surface area contributed by atoms with E-state index < -0.39 is 0 Å². The maximum absolute atomic E-state index is 5.46. The van der Waals surface area contributed by atoms with Crippen LogP contribution < -0.4 is 10.2 Å². The van der Waals surface area contributed by atoms with Gasteiger partial charge < -0.3 is 10.2 Å². The van der Waals surface area contributed by atoms with Crippen molar-refractivity contribution in [2.45, 2.75) is 51.1 Å². The fourth-order valence-corrected chi connectivity index (χ4v) is 4.48. The van der Waals surface area contributed by atoms with Crippen LogP contribution in [0.5, 0.6) is 0 Å². The average molecular weight is 318 g/mol. The number of likely N-dealkylation sites (tertiary alicyclic amines) is 1. The van der Waals surface area contributed by atoms with E-state index in [0.29, 0.717) is 6.17 Å². The molecule has 2 unspecified atom stereocenters. The van der Waals surface area contributed by atoms with Gasteiger partial charge in [-0.15, -0.1) is 0 Å². The molecular formula is C18H27N3S. The fourth-order valence-electron chi connectivity index (χ4n) is 4.21. The molecule has 3 rings (SSSR count). The molecule has 1 aromatic carbocycles. The highest BCUT2D eigenvalue weighted by atomic mass is 32.1. The molecule has 4 heteroatoms. The minimum absolute atomic E-state index is 0.224. The molecule has 2 heterocycles. The zero-order chi connectivity index (χ0) is 15.9. The Balaban J connectivity index is 1.86. The first kappa shape index (κ1) is 15.8. The summed E-state index contributed by atoms with van der Waals surface area (Å²) in [6, 6.07) is 6.73. The van der Waals surface area contributed by atoms with E-state index in [0.717, 1.165) is 30.1 Å². The highest BCUT2D eigenvalue weighted by Gasteiger charge is 2.52. The lowest BCUT2D eigenvalue weighted by Crippen LogP contribution is -2.45. The fraction of sp³-hybridized carbons (Fsp3) is 0.611. The van der Waals surface area contributed by atoms with Gasteiger partial charge >= 0.3 is 0 Å². The molecule has 2 aliphatic heterocycles. The molecular weight excluding hydrogens is 290 g/mol. The molecule has 2 atom stereocenters. The Morgan fingerprint density at radius 2 is 2.18 bits per heavy atom. The van der Waals surface area contributed by atoms with Crippen LogP contribution in [-0.4, -0.2) is 36.7 Å². The molecule has 0 saturated carbocycles. The van der Waals surface area contributed by atoms with Crippen molar-refractivity contribution in [1.82, 2.24) is 4.90 Å². The van der Waals surface area contributed by atoms with Crippen LogP contribution in [0.3, 0.4) is 0 Å². The van der Waals surface area contributed by atoms with E-state index in [4.69, 9.17) is 12.2 Å². The third-order valence-electron chi connectivity index (χ3n) is 5.37. The van der Waals surface area contributed by atoms with Gasteiger partial charge in [0.25, 0.3) is 0 Å². The molecule has 1 saturated heterocycles. The van der Waals surface area contributed by atoms with Crippen molar-refractivity contribution in [3.05, 3.63) is 23.8 Å². The molecule has 0 spiro atoms. The standard InChI is InChI=1S/C18H27N3S/c1-5-6-7-16(22)19-13-8-9-15-14(12-13)18(2)10-11-20(3)17(18)21(15)4/h8-9,12,17H,5-7,10-11H2,1-4H3,(H,19,22). The van der Waals surface area contributed by atoms with Crippen LogP contribution in [0.2, 0.25) is 0 Å². The zero-order valence-electron chi connectivity index (χ0n) is 14.1.